The van der Waals surface area contributed by atoms with Crippen LogP contribution < -0.4 is 11.1 Å². The van der Waals surface area contributed by atoms with Crippen molar-refractivity contribution in [1.82, 2.24) is 4.90 Å². The molecule has 1 fully saturated rings. The zero-order valence-electron chi connectivity index (χ0n) is 11.6. The fourth-order valence-electron chi connectivity index (χ4n) is 2.61. The number of para-hydroxylation sites is 1. The van der Waals surface area contributed by atoms with Crippen molar-refractivity contribution in [2.24, 2.45) is 11.7 Å². The van der Waals surface area contributed by atoms with Crippen LogP contribution in [0.3, 0.4) is 0 Å². The highest BCUT2D eigenvalue weighted by Gasteiger charge is 2.18. The molecule has 0 amide bonds. The molecule has 0 radical (unpaired) electrons. The molecule has 0 spiro atoms. The summed E-state index contributed by atoms with van der Waals surface area (Å²) in [4.78, 5) is 2.98. The number of nitrogens with zero attached hydrogens (tertiary/aromatic N) is 1. The van der Waals surface area contributed by atoms with Gasteiger partial charge in [0.25, 0.3) is 0 Å². The van der Waals surface area contributed by atoms with Gasteiger partial charge in [-0.05, 0) is 50.5 Å². The van der Waals surface area contributed by atoms with Gasteiger partial charge < -0.3 is 16.0 Å². The fourth-order valence-corrected chi connectivity index (χ4v) is 2.79. The van der Waals surface area contributed by atoms with Gasteiger partial charge in [-0.3, -0.25) is 0 Å². The average Bonchev–Trinajstić information content (AvgIpc) is 2.46. The number of hydrogen-bond acceptors (Lipinski definition) is 3. The number of nitrogens with two attached hydrogens (primary N) is 1. The van der Waals surface area contributed by atoms with Gasteiger partial charge in [0.2, 0.25) is 0 Å². The van der Waals surface area contributed by atoms with Crippen molar-refractivity contribution in [2.75, 3.05) is 31.5 Å². The smallest absolute Gasteiger partial charge is 0.106 e. The van der Waals surface area contributed by atoms with Crippen molar-refractivity contribution in [3.63, 3.8) is 0 Å². The van der Waals surface area contributed by atoms with Gasteiger partial charge in [-0.15, -0.1) is 0 Å². The zero-order valence-corrected chi connectivity index (χ0v) is 12.4. The lowest BCUT2D eigenvalue weighted by molar-refractivity contribution is 0.198. The summed E-state index contributed by atoms with van der Waals surface area (Å²) in [7, 11) is 0. The Labute approximate surface area is 121 Å². The summed E-state index contributed by atoms with van der Waals surface area (Å²) in [6, 6.07) is 8.02. The second-order valence-electron chi connectivity index (χ2n) is 5.17. The van der Waals surface area contributed by atoms with Crippen LogP contribution in [0, 0.1) is 5.92 Å². The molecule has 1 heterocycles. The van der Waals surface area contributed by atoms with E-state index in [2.05, 4.69) is 23.2 Å². The minimum absolute atomic E-state index is 0.462. The highest BCUT2D eigenvalue weighted by Crippen LogP contribution is 2.20. The number of piperidine rings is 1. The molecule has 1 aromatic rings. The first kappa shape index (κ1) is 14.3. The maximum atomic E-state index is 5.74. The van der Waals surface area contributed by atoms with Crippen LogP contribution in [0.2, 0.25) is 0 Å². The van der Waals surface area contributed by atoms with Gasteiger partial charge in [-0.2, -0.15) is 0 Å². The molecule has 1 aliphatic rings. The first-order valence-corrected chi connectivity index (χ1v) is 7.46. The summed E-state index contributed by atoms with van der Waals surface area (Å²) in [5, 5.41) is 3.51. The number of hydrogen-bond donors (Lipinski definition) is 2. The standard InChI is InChI=1S/C15H23N3S/c1-2-18-9-7-12(8-10-18)11-17-14-6-4-3-5-13(14)15(16)19/h3-6,12,17H,2,7-11H2,1H3,(H2,16,19). The molecule has 1 aromatic carbocycles. The van der Waals surface area contributed by atoms with Crippen LogP contribution in [0.4, 0.5) is 5.69 Å². The number of anilines is 1. The quantitative estimate of drug-likeness (QED) is 0.811. The lowest BCUT2D eigenvalue weighted by Gasteiger charge is -2.31. The molecule has 2 rings (SSSR count). The van der Waals surface area contributed by atoms with Crippen LogP contribution in [0.15, 0.2) is 24.3 Å². The normalized spacial score (nSPS) is 17.3. The Morgan fingerprint density at radius 2 is 2.05 bits per heavy atom. The number of thiocarbonyl (C=S) groups is 1. The second kappa shape index (κ2) is 6.87. The Morgan fingerprint density at radius 1 is 1.37 bits per heavy atom. The van der Waals surface area contributed by atoms with Gasteiger partial charge in [0.05, 0.1) is 0 Å². The van der Waals surface area contributed by atoms with E-state index in [9.17, 15) is 0 Å². The molecule has 1 aliphatic heterocycles. The minimum atomic E-state index is 0.462. The number of nitrogens with one attached hydrogen (secondary N) is 1. The summed E-state index contributed by atoms with van der Waals surface area (Å²) < 4.78 is 0. The highest BCUT2D eigenvalue weighted by atomic mass is 32.1. The van der Waals surface area contributed by atoms with Crippen molar-refractivity contribution < 1.29 is 0 Å². The number of likely N-dealkylation sites (tertiary alicyclic amines) is 1. The van der Waals surface area contributed by atoms with Crippen LogP contribution in [-0.2, 0) is 0 Å². The Balaban J connectivity index is 1.88. The SMILES string of the molecule is CCN1CCC(CNc2ccccc2C(N)=S)CC1. The Kier molecular flexibility index (Phi) is 5.16. The van der Waals surface area contributed by atoms with Crippen molar-refractivity contribution in [3.8, 4) is 0 Å². The molecule has 0 saturated carbocycles. The monoisotopic (exact) mass is 277 g/mol. The minimum Gasteiger partial charge on any atom is -0.389 e. The summed E-state index contributed by atoms with van der Waals surface area (Å²) in [6.07, 6.45) is 2.55. The van der Waals surface area contributed by atoms with E-state index in [4.69, 9.17) is 18.0 Å². The van der Waals surface area contributed by atoms with Crippen LogP contribution >= 0.6 is 12.2 Å². The molecule has 104 valence electrons. The Bertz CT molecular complexity index is 425. The lowest BCUT2D eigenvalue weighted by atomic mass is 9.96. The molecular formula is C15H23N3S. The molecule has 3 N–H and O–H groups in total. The van der Waals surface area contributed by atoms with E-state index in [-0.39, 0.29) is 0 Å². The van der Waals surface area contributed by atoms with Crippen LogP contribution in [0.5, 0.6) is 0 Å². The second-order valence-corrected chi connectivity index (χ2v) is 5.61. The topological polar surface area (TPSA) is 41.3 Å². The predicted octanol–water partition coefficient (Wildman–Crippen LogP) is 2.46. The molecule has 0 unspecified atom stereocenters. The predicted molar refractivity (Wildman–Crippen MR) is 85.7 cm³/mol. The van der Waals surface area contributed by atoms with Crippen molar-refractivity contribution in [3.05, 3.63) is 29.8 Å². The third kappa shape index (κ3) is 3.91. The van der Waals surface area contributed by atoms with E-state index in [1.54, 1.807) is 0 Å². The van der Waals surface area contributed by atoms with E-state index in [0.29, 0.717) is 4.99 Å². The summed E-state index contributed by atoms with van der Waals surface area (Å²) >= 11 is 5.08. The molecule has 0 aromatic heterocycles. The van der Waals surface area contributed by atoms with Gasteiger partial charge in [0.15, 0.2) is 0 Å². The van der Waals surface area contributed by atoms with Crippen LogP contribution in [-0.4, -0.2) is 36.1 Å². The molecular weight excluding hydrogens is 254 g/mol. The average molecular weight is 277 g/mol. The molecule has 1 saturated heterocycles. The molecule has 4 heteroatoms. The first-order valence-electron chi connectivity index (χ1n) is 7.05. The Hall–Kier alpha value is -1.13. The lowest BCUT2D eigenvalue weighted by Crippen LogP contribution is -2.35. The summed E-state index contributed by atoms with van der Waals surface area (Å²) in [5.74, 6) is 0.752. The van der Waals surface area contributed by atoms with Crippen LogP contribution in [0.1, 0.15) is 25.3 Å². The van der Waals surface area contributed by atoms with Crippen molar-refractivity contribution >= 4 is 22.9 Å². The summed E-state index contributed by atoms with van der Waals surface area (Å²) in [5.41, 5.74) is 7.75. The maximum absolute atomic E-state index is 5.74. The van der Waals surface area contributed by atoms with Gasteiger partial charge in [-0.25, -0.2) is 0 Å². The van der Waals surface area contributed by atoms with E-state index < -0.39 is 0 Å². The first-order chi connectivity index (χ1) is 9.20. The number of rotatable bonds is 5. The molecule has 3 nitrogen and oxygen atoms in total. The van der Waals surface area contributed by atoms with Crippen molar-refractivity contribution in [2.45, 2.75) is 19.8 Å². The van der Waals surface area contributed by atoms with Gasteiger partial charge >= 0.3 is 0 Å². The number of benzene rings is 1. The van der Waals surface area contributed by atoms with Crippen LogP contribution in [0.25, 0.3) is 0 Å². The third-order valence-electron chi connectivity index (χ3n) is 3.93. The van der Waals surface area contributed by atoms with Gasteiger partial charge in [0.1, 0.15) is 4.99 Å². The Morgan fingerprint density at radius 3 is 2.68 bits per heavy atom. The van der Waals surface area contributed by atoms with Gasteiger partial charge in [0, 0.05) is 17.8 Å². The molecule has 19 heavy (non-hydrogen) atoms. The maximum Gasteiger partial charge on any atom is 0.106 e. The van der Waals surface area contributed by atoms with E-state index in [1.807, 2.05) is 18.2 Å². The van der Waals surface area contributed by atoms with Gasteiger partial charge in [-0.1, -0.05) is 31.3 Å². The third-order valence-corrected chi connectivity index (χ3v) is 4.15. The highest BCUT2D eigenvalue weighted by molar-refractivity contribution is 7.80. The fraction of sp³-hybridized carbons (Fsp3) is 0.533. The molecule has 0 atom stereocenters. The summed E-state index contributed by atoms with van der Waals surface area (Å²) in [6.45, 7) is 6.86. The molecule has 0 aliphatic carbocycles. The van der Waals surface area contributed by atoms with E-state index >= 15 is 0 Å². The largest absolute Gasteiger partial charge is 0.389 e. The van der Waals surface area contributed by atoms with E-state index in [0.717, 1.165) is 23.7 Å². The molecule has 0 bridgehead atoms. The van der Waals surface area contributed by atoms with Crippen molar-refractivity contribution in [1.29, 1.82) is 0 Å². The zero-order chi connectivity index (χ0) is 13.7. The van der Waals surface area contributed by atoms with E-state index in [1.165, 1.54) is 32.5 Å².